The van der Waals surface area contributed by atoms with E-state index in [1.54, 1.807) is 0 Å². The summed E-state index contributed by atoms with van der Waals surface area (Å²) in [4.78, 5) is 4.89. The minimum absolute atomic E-state index is 0.0741. The van der Waals surface area contributed by atoms with Gasteiger partial charge in [-0.15, -0.1) is 0 Å². The number of hydrogen-bond donors (Lipinski definition) is 0. The van der Waals surface area contributed by atoms with Crippen molar-refractivity contribution in [3.05, 3.63) is 202 Å². The van der Waals surface area contributed by atoms with Crippen molar-refractivity contribution >= 4 is 44.9 Å². The highest BCUT2D eigenvalue weighted by molar-refractivity contribution is 6.11. The van der Waals surface area contributed by atoms with E-state index < -0.39 is 0 Å². The molecule has 70 heavy (non-hydrogen) atoms. The molecular weight excluding hydrogens is 845 g/mol. The summed E-state index contributed by atoms with van der Waals surface area (Å²) in [5, 5.41) is 2.66. The molecule has 0 radical (unpaired) electrons. The highest BCUT2D eigenvalue weighted by Gasteiger charge is 2.41. The first kappa shape index (κ1) is 47.3. The first-order valence-corrected chi connectivity index (χ1v) is 25.7. The molecule has 0 amide bonds. The Morgan fingerprint density at radius 2 is 0.514 bits per heavy atom. The van der Waals surface area contributed by atoms with Crippen LogP contribution in [0.15, 0.2) is 158 Å². The van der Waals surface area contributed by atoms with Crippen LogP contribution in [-0.4, -0.2) is 0 Å². The van der Waals surface area contributed by atoms with Crippen molar-refractivity contribution in [1.29, 1.82) is 0 Å². The number of nitrogens with zero attached hydrogens (tertiary/aromatic N) is 2. The summed E-state index contributed by atoms with van der Waals surface area (Å²) in [6.07, 6.45) is 0. The van der Waals surface area contributed by atoms with E-state index in [1.165, 1.54) is 88.9 Å². The Labute approximate surface area is 420 Å². The lowest BCUT2D eigenvalue weighted by molar-refractivity contribution is 0.590. The Hall–Kier alpha value is -6.38. The van der Waals surface area contributed by atoms with Crippen LogP contribution in [0.1, 0.15) is 155 Å². The minimum Gasteiger partial charge on any atom is -0.310 e. The fraction of sp³-hybridized carbons (Fsp3) is 0.324. The lowest BCUT2D eigenvalue weighted by atomic mass is 9.80. The average molecular weight is 919 g/mol. The van der Waals surface area contributed by atoms with Gasteiger partial charge in [0.2, 0.25) is 0 Å². The van der Waals surface area contributed by atoms with Crippen LogP contribution in [-0.2, 0) is 32.5 Å². The largest absolute Gasteiger partial charge is 0.310 e. The third kappa shape index (κ3) is 7.87. The van der Waals surface area contributed by atoms with Gasteiger partial charge in [0.05, 0.1) is 0 Å². The Balaban J connectivity index is 1.09. The maximum atomic E-state index is 2.48. The van der Waals surface area contributed by atoms with Crippen molar-refractivity contribution in [1.82, 2.24) is 0 Å². The van der Waals surface area contributed by atoms with E-state index in [0.29, 0.717) is 0 Å². The van der Waals surface area contributed by atoms with Crippen LogP contribution in [0.25, 0.3) is 33.0 Å². The molecule has 0 saturated heterocycles. The first-order chi connectivity index (χ1) is 32.7. The third-order valence-electron chi connectivity index (χ3n) is 15.9. The zero-order chi connectivity index (χ0) is 50.1. The number of anilines is 6. The van der Waals surface area contributed by atoms with Crippen LogP contribution in [0.4, 0.5) is 34.1 Å². The molecular formula is C68H74N2. The zero-order valence-electron chi connectivity index (χ0n) is 44.9. The third-order valence-corrected chi connectivity index (χ3v) is 15.9. The van der Waals surface area contributed by atoms with Crippen LogP contribution in [0.3, 0.4) is 0 Å². The van der Waals surface area contributed by atoms with Gasteiger partial charge < -0.3 is 9.80 Å². The standard InChI is InChI=1S/C68H74N2/c1-63(2,3)43-17-25-47(26-18-43)69(48-27-19-44(20-28-48)64(4,5)6)51-33-35-55-59(41-51)67(13,14)57-39-37-54-53(61(55)57)38-40-58-62(54)56-36-34-52(42-60(56)68(58,15)16)70(49-29-21-45(22-30-49)65(7,8)9)50-31-23-46(24-32-50)66(10,11)12/h17-42H,1-16H3. The second-order valence-electron chi connectivity index (χ2n) is 25.6. The molecule has 356 valence electrons. The summed E-state index contributed by atoms with van der Waals surface area (Å²) in [5.41, 5.74) is 23.2. The Bertz CT molecular complexity index is 2960. The summed E-state index contributed by atoms with van der Waals surface area (Å²) in [6, 6.07) is 61.0. The molecule has 0 aromatic heterocycles. The summed E-state index contributed by atoms with van der Waals surface area (Å²) < 4.78 is 0. The highest BCUT2D eigenvalue weighted by Crippen LogP contribution is 2.58. The number of hydrogen-bond acceptors (Lipinski definition) is 2. The fourth-order valence-corrected chi connectivity index (χ4v) is 11.5. The molecule has 8 aromatic carbocycles. The van der Waals surface area contributed by atoms with Gasteiger partial charge in [0.25, 0.3) is 0 Å². The molecule has 8 aromatic rings. The lowest BCUT2D eigenvalue weighted by Gasteiger charge is -2.29. The van der Waals surface area contributed by atoms with Crippen molar-refractivity contribution in [3.63, 3.8) is 0 Å². The van der Waals surface area contributed by atoms with E-state index in [9.17, 15) is 0 Å². The topological polar surface area (TPSA) is 6.48 Å². The molecule has 10 rings (SSSR count). The Morgan fingerprint density at radius 3 is 0.757 bits per heavy atom. The van der Waals surface area contributed by atoms with E-state index in [1.807, 2.05) is 0 Å². The van der Waals surface area contributed by atoms with E-state index >= 15 is 0 Å². The molecule has 0 bridgehead atoms. The maximum Gasteiger partial charge on any atom is 0.0465 e. The van der Waals surface area contributed by atoms with Crippen LogP contribution >= 0.6 is 0 Å². The van der Waals surface area contributed by atoms with Crippen molar-refractivity contribution in [2.24, 2.45) is 0 Å². The predicted molar refractivity (Wildman–Crippen MR) is 303 cm³/mol. The second-order valence-corrected chi connectivity index (χ2v) is 25.6. The summed E-state index contributed by atoms with van der Waals surface area (Å²) in [6.45, 7) is 37.1. The van der Waals surface area contributed by atoms with Crippen LogP contribution in [0, 0.1) is 0 Å². The second kappa shape index (κ2) is 16.1. The van der Waals surface area contributed by atoms with Crippen LogP contribution < -0.4 is 9.80 Å². The normalized spacial score (nSPS) is 14.8. The number of fused-ring (bicyclic) bond motifs is 9. The van der Waals surface area contributed by atoms with Crippen molar-refractivity contribution in [2.45, 2.75) is 143 Å². The molecule has 0 spiro atoms. The minimum atomic E-state index is -0.197. The predicted octanol–water partition coefficient (Wildman–Crippen LogP) is 19.6. The lowest BCUT2D eigenvalue weighted by Crippen LogP contribution is -2.17. The SMILES string of the molecule is CC(C)(C)c1ccc(N(c2ccc(C(C)(C)C)cc2)c2ccc3c(c2)C(C)(C)c2ccc4c5c(ccc4c2-3)C(C)(C)c2cc(N(c3ccc(C(C)(C)C)cc3)c3ccc(C(C)(C)C)cc3)ccc2-5)cc1. The van der Waals surface area contributed by atoms with Crippen molar-refractivity contribution in [2.75, 3.05) is 9.80 Å². The van der Waals surface area contributed by atoms with Gasteiger partial charge in [-0.2, -0.15) is 0 Å². The summed E-state index contributed by atoms with van der Waals surface area (Å²) in [5.74, 6) is 0. The molecule has 0 saturated carbocycles. The summed E-state index contributed by atoms with van der Waals surface area (Å²) >= 11 is 0. The van der Waals surface area contributed by atoms with Gasteiger partial charge in [0, 0.05) is 45.0 Å². The monoisotopic (exact) mass is 919 g/mol. The van der Waals surface area contributed by atoms with E-state index in [-0.39, 0.29) is 32.5 Å². The molecule has 0 N–H and O–H groups in total. The maximum absolute atomic E-state index is 2.48. The van der Waals surface area contributed by atoms with Crippen LogP contribution in [0.2, 0.25) is 0 Å². The van der Waals surface area contributed by atoms with E-state index in [4.69, 9.17) is 0 Å². The Kier molecular flexibility index (Phi) is 10.9. The molecule has 2 heteroatoms. The smallest absolute Gasteiger partial charge is 0.0465 e. The van der Waals surface area contributed by atoms with Crippen LogP contribution in [0.5, 0.6) is 0 Å². The van der Waals surface area contributed by atoms with Gasteiger partial charge in [-0.05, 0) is 172 Å². The van der Waals surface area contributed by atoms with Gasteiger partial charge in [-0.1, -0.05) is 196 Å². The van der Waals surface area contributed by atoms with Gasteiger partial charge in [0.1, 0.15) is 0 Å². The van der Waals surface area contributed by atoms with Gasteiger partial charge in [-0.3, -0.25) is 0 Å². The summed E-state index contributed by atoms with van der Waals surface area (Å²) in [7, 11) is 0. The molecule has 0 heterocycles. The molecule has 0 aliphatic heterocycles. The number of benzene rings is 8. The molecule has 0 unspecified atom stereocenters. The molecule has 2 aliphatic rings. The number of rotatable bonds is 6. The first-order valence-electron chi connectivity index (χ1n) is 25.7. The molecule has 2 aliphatic carbocycles. The van der Waals surface area contributed by atoms with Crippen molar-refractivity contribution < 1.29 is 0 Å². The van der Waals surface area contributed by atoms with Gasteiger partial charge in [0.15, 0.2) is 0 Å². The molecule has 0 fully saturated rings. The van der Waals surface area contributed by atoms with E-state index in [2.05, 4.69) is 278 Å². The fourth-order valence-electron chi connectivity index (χ4n) is 11.5. The Morgan fingerprint density at radius 1 is 0.271 bits per heavy atom. The average Bonchev–Trinajstić information content (AvgIpc) is 3.67. The quantitative estimate of drug-likeness (QED) is 0.164. The highest BCUT2D eigenvalue weighted by atomic mass is 15.1. The molecule has 0 atom stereocenters. The van der Waals surface area contributed by atoms with E-state index in [0.717, 1.165) is 22.7 Å². The van der Waals surface area contributed by atoms with Crippen molar-refractivity contribution in [3.8, 4) is 22.3 Å². The van der Waals surface area contributed by atoms with Gasteiger partial charge >= 0.3 is 0 Å². The molecule has 2 nitrogen and oxygen atoms in total. The zero-order valence-corrected chi connectivity index (χ0v) is 44.9. The van der Waals surface area contributed by atoms with Gasteiger partial charge in [-0.25, -0.2) is 0 Å².